The second-order valence-electron chi connectivity index (χ2n) is 10.2. The van der Waals surface area contributed by atoms with Gasteiger partial charge in [-0.2, -0.15) is 11.8 Å². The molecular formula is C30H33FN2O4S. The summed E-state index contributed by atoms with van der Waals surface area (Å²) in [7, 11) is 0. The van der Waals surface area contributed by atoms with Gasteiger partial charge in [-0.05, 0) is 65.4 Å². The minimum absolute atomic E-state index is 0.0614. The van der Waals surface area contributed by atoms with Crippen molar-refractivity contribution >= 4 is 23.6 Å². The molecule has 38 heavy (non-hydrogen) atoms. The zero-order valence-corrected chi connectivity index (χ0v) is 22.6. The van der Waals surface area contributed by atoms with Gasteiger partial charge in [-0.15, -0.1) is 0 Å². The summed E-state index contributed by atoms with van der Waals surface area (Å²) in [5.41, 5.74) is 2.80. The van der Waals surface area contributed by atoms with E-state index in [4.69, 9.17) is 9.15 Å². The molecule has 200 valence electrons. The van der Waals surface area contributed by atoms with Crippen LogP contribution in [0.25, 0.3) is 0 Å². The second-order valence-corrected chi connectivity index (χ2v) is 11.4. The number of ether oxygens (including phenoxy) is 1. The van der Waals surface area contributed by atoms with E-state index >= 15 is 0 Å². The topological polar surface area (TPSA) is 63.0 Å². The molecule has 0 aliphatic carbocycles. The predicted molar refractivity (Wildman–Crippen MR) is 146 cm³/mol. The molecule has 0 radical (unpaired) electrons. The van der Waals surface area contributed by atoms with Gasteiger partial charge in [-0.3, -0.25) is 9.59 Å². The van der Waals surface area contributed by atoms with Gasteiger partial charge in [-0.1, -0.05) is 32.0 Å². The highest BCUT2D eigenvalue weighted by Crippen LogP contribution is 2.38. The number of halogens is 1. The molecule has 2 amide bonds. The molecule has 6 nitrogen and oxygen atoms in total. The predicted octanol–water partition coefficient (Wildman–Crippen LogP) is 5.71. The van der Waals surface area contributed by atoms with Gasteiger partial charge >= 0.3 is 0 Å². The van der Waals surface area contributed by atoms with Gasteiger partial charge in [-0.25, -0.2) is 4.39 Å². The number of amides is 2. The van der Waals surface area contributed by atoms with E-state index in [0.717, 1.165) is 47.7 Å². The lowest BCUT2D eigenvalue weighted by Gasteiger charge is -2.38. The van der Waals surface area contributed by atoms with Crippen molar-refractivity contribution in [3.63, 3.8) is 0 Å². The van der Waals surface area contributed by atoms with Crippen LogP contribution in [0.1, 0.15) is 59.3 Å². The van der Waals surface area contributed by atoms with Gasteiger partial charge < -0.3 is 19.0 Å². The van der Waals surface area contributed by atoms with E-state index in [1.807, 2.05) is 59.7 Å². The summed E-state index contributed by atoms with van der Waals surface area (Å²) >= 11 is 1.85. The molecule has 0 saturated carbocycles. The molecule has 3 aromatic rings. The van der Waals surface area contributed by atoms with Gasteiger partial charge in [0.25, 0.3) is 5.91 Å². The quantitative estimate of drug-likeness (QED) is 0.387. The van der Waals surface area contributed by atoms with Crippen LogP contribution in [-0.2, 0) is 17.8 Å². The Hall–Kier alpha value is -3.26. The minimum Gasteiger partial charge on any atom is -0.486 e. The van der Waals surface area contributed by atoms with Gasteiger partial charge in [0.2, 0.25) is 5.91 Å². The smallest absolute Gasteiger partial charge is 0.289 e. The standard InChI is InChI=1S/C30H33FN2O4S/c1-20(2)16-28(34)33-11-10-21-6-7-24(18-26(21)29(33)22-4-3-5-23(31)17-22)36-19-25-8-9-27(37-25)30(35)32-12-14-38-15-13-32/h3-9,17-18,20,29H,10-16,19H2,1-2H3/t29-/m0/s1. The molecule has 8 heteroatoms. The van der Waals surface area contributed by atoms with E-state index in [-0.39, 0.29) is 36.2 Å². The van der Waals surface area contributed by atoms with Crippen LogP contribution in [0.5, 0.6) is 5.75 Å². The Bertz CT molecular complexity index is 1300. The third-order valence-corrected chi connectivity index (χ3v) is 7.91. The van der Waals surface area contributed by atoms with Crippen LogP contribution < -0.4 is 4.74 Å². The summed E-state index contributed by atoms with van der Waals surface area (Å²) in [6.07, 6.45) is 1.16. The molecule has 1 aromatic heterocycles. The van der Waals surface area contributed by atoms with Crippen LogP contribution in [0.4, 0.5) is 4.39 Å². The number of carbonyl (C=O) groups is 2. The molecule has 1 saturated heterocycles. The van der Waals surface area contributed by atoms with Crippen LogP contribution in [-0.4, -0.2) is 52.8 Å². The van der Waals surface area contributed by atoms with Crippen LogP contribution in [0.2, 0.25) is 0 Å². The fourth-order valence-corrected chi connectivity index (χ4v) is 6.00. The summed E-state index contributed by atoms with van der Waals surface area (Å²) in [6.45, 7) is 6.26. The molecule has 1 fully saturated rings. The lowest BCUT2D eigenvalue weighted by Crippen LogP contribution is -2.41. The number of hydrogen-bond acceptors (Lipinski definition) is 5. The van der Waals surface area contributed by atoms with Crippen molar-refractivity contribution in [2.45, 2.75) is 39.3 Å². The minimum atomic E-state index is -0.389. The van der Waals surface area contributed by atoms with Gasteiger partial charge in [0, 0.05) is 37.6 Å². The van der Waals surface area contributed by atoms with Crippen LogP contribution >= 0.6 is 11.8 Å². The number of thioether (sulfide) groups is 1. The molecular weight excluding hydrogens is 503 g/mol. The van der Waals surface area contributed by atoms with Crippen molar-refractivity contribution in [2.75, 3.05) is 31.1 Å². The van der Waals surface area contributed by atoms with E-state index in [1.54, 1.807) is 18.2 Å². The number of rotatable bonds is 7. The fourth-order valence-electron chi connectivity index (χ4n) is 5.10. The first-order valence-electron chi connectivity index (χ1n) is 13.2. The van der Waals surface area contributed by atoms with Crippen LogP contribution in [0, 0.1) is 11.7 Å². The van der Waals surface area contributed by atoms with Gasteiger partial charge in [0.05, 0.1) is 6.04 Å². The largest absolute Gasteiger partial charge is 0.486 e. The first-order chi connectivity index (χ1) is 18.4. The average Bonchev–Trinajstić information content (AvgIpc) is 3.40. The third kappa shape index (κ3) is 5.90. The normalized spacial score (nSPS) is 17.4. The van der Waals surface area contributed by atoms with E-state index < -0.39 is 0 Å². The second kappa shape index (κ2) is 11.6. The Balaban J connectivity index is 1.36. The Morgan fingerprint density at radius 2 is 1.89 bits per heavy atom. The Morgan fingerprint density at radius 1 is 1.08 bits per heavy atom. The summed E-state index contributed by atoms with van der Waals surface area (Å²) in [5.74, 6) is 3.27. The van der Waals surface area contributed by atoms with E-state index in [2.05, 4.69) is 0 Å². The van der Waals surface area contributed by atoms with Crippen molar-refractivity contribution in [3.8, 4) is 5.75 Å². The molecule has 2 aromatic carbocycles. The van der Waals surface area contributed by atoms with Crippen molar-refractivity contribution in [3.05, 3.63) is 88.6 Å². The zero-order chi connectivity index (χ0) is 26.6. The van der Waals surface area contributed by atoms with Crippen molar-refractivity contribution in [1.29, 1.82) is 0 Å². The first-order valence-corrected chi connectivity index (χ1v) is 14.3. The highest BCUT2D eigenvalue weighted by Gasteiger charge is 2.33. The van der Waals surface area contributed by atoms with Crippen LogP contribution in [0.3, 0.4) is 0 Å². The molecule has 2 aliphatic rings. The maximum absolute atomic E-state index is 14.2. The lowest BCUT2D eigenvalue weighted by molar-refractivity contribution is -0.134. The van der Waals surface area contributed by atoms with Crippen LogP contribution in [0.15, 0.2) is 59.0 Å². The van der Waals surface area contributed by atoms with Gasteiger partial charge in [0.15, 0.2) is 5.76 Å². The summed E-state index contributed by atoms with van der Waals surface area (Å²) < 4.78 is 26.1. The summed E-state index contributed by atoms with van der Waals surface area (Å²) in [5, 5.41) is 0. The fraction of sp³-hybridized carbons (Fsp3) is 0.400. The Kier molecular flexibility index (Phi) is 8.07. The number of benzene rings is 2. The highest BCUT2D eigenvalue weighted by molar-refractivity contribution is 7.99. The van der Waals surface area contributed by atoms with E-state index in [1.165, 1.54) is 12.1 Å². The zero-order valence-electron chi connectivity index (χ0n) is 21.8. The molecule has 2 aliphatic heterocycles. The Labute approximate surface area is 227 Å². The first kappa shape index (κ1) is 26.4. The van der Waals surface area contributed by atoms with Crippen molar-refractivity contribution in [1.82, 2.24) is 9.80 Å². The third-order valence-electron chi connectivity index (χ3n) is 6.97. The number of carbonyl (C=O) groups excluding carboxylic acids is 2. The summed E-state index contributed by atoms with van der Waals surface area (Å²) in [6, 6.07) is 15.4. The molecule has 0 N–H and O–H groups in total. The molecule has 0 spiro atoms. The molecule has 5 rings (SSSR count). The van der Waals surface area contributed by atoms with Crippen molar-refractivity contribution < 1.29 is 23.1 Å². The average molecular weight is 537 g/mol. The highest BCUT2D eigenvalue weighted by atomic mass is 32.2. The molecule has 0 unspecified atom stereocenters. The maximum atomic E-state index is 14.2. The van der Waals surface area contributed by atoms with Crippen molar-refractivity contribution in [2.24, 2.45) is 5.92 Å². The molecule has 0 bridgehead atoms. The molecule has 1 atom stereocenters. The van der Waals surface area contributed by atoms with E-state index in [0.29, 0.717) is 30.2 Å². The lowest BCUT2D eigenvalue weighted by atomic mass is 9.87. The maximum Gasteiger partial charge on any atom is 0.289 e. The van der Waals surface area contributed by atoms with E-state index in [9.17, 15) is 14.0 Å². The Morgan fingerprint density at radius 3 is 2.66 bits per heavy atom. The number of fused-ring (bicyclic) bond motifs is 1. The molecule has 3 heterocycles. The number of furan rings is 1. The SMILES string of the molecule is CC(C)CC(=O)N1CCc2ccc(OCc3ccc(C(=O)N4CCSCC4)o3)cc2[C@@H]1c1cccc(F)c1. The number of hydrogen-bond donors (Lipinski definition) is 0. The number of nitrogens with zero attached hydrogens (tertiary/aromatic N) is 2. The summed E-state index contributed by atoms with van der Waals surface area (Å²) in [4.78, 5) is 29.6. The van der Waals surface area contributed by atoms with Gasteiger partial charge in [0.1, 0.15) is 23.9 Å². The monoisotopic (exact) mass is 536 g/mol.